The molecule has 2 aromatic rings. The van der Waals surface area contributed by atoms with E-state index in [9.17, 15) is 0 Å². The third-order valence-corrected chi connectivity index (χ3v) is 2.42. The lowest BCUT2D eigenvalue weighted by Gasteiger charge is -2.11. The number of hydrogen-bond donors (Lipinski definition) is 1. The van der Waals surface area contributed by atoms with Crippen LogP contribution in [0.25, 0.3) is 0 Å². The third kappa shape index (κ3) is 2.22. The van der Waals surface area contributed by atoms with E-state index in [-0.39, 0.29) is 6.04 Å². The molecule has 0 spiro atoms. The molecular weight excluding hydrogens is 204 g/mol. The zero-order chi connectivity index (χ0) is 11.5. The van der Waals surface area contributed by atoms with Crippen LogP contribution in [0.2, 0.25) is 0 Å². The number of aromatic nitrogens is 5. The largest absolute Gasteiger partial charge is 0.324 e. The van der Waals surface area contributed by atoms with Gasteiger partial charge in [0.15, 0.2) is 5.82 Å². The maximum Gasteiger partial charge on any atom is 0.176 e. The molecule has 1 atom stereocenters. The first-order valence-electron chi connectivity index (χ1n) is 5.06. The lowest BCUT2D eigenvalue weighted by molar-refractivity contribution is 0.622. The number of aryl methyl sites for hydroxylation is 2. The molecule has 0 aliphatic carbocycles. The van der Waals surface area contributed by atoms with Crippen LogP contribution < -0.4 is 5.73 Å². The molecule has 2 rings (SSSR count). The molecule has 0 radical (unpaired) electrons. The van der Waals surface area contributed by atoms with Crippen molar-refractivity contribution in [2.45, 2.75) is 19.4 Å². The highest BCUT2D eigenvalue weighted by atomic mass is 15.6. The zero-order valence-corrected chi connectivity index (χ0v) is 9.33. The standard InChI is InChI=1S/C10H14N6/c1-7-6-12-4-3-8(7)9(11)5-10-13-15-16(2)14-10/h3-4,6,9H,5,11H2,1-2H3. The normalized spacial score (nSPS) is 12.7. The fourth-order valence-corrected chi connectivity index (χ4v) is 1.61. The third-order valence-electron chi connectivity index (χ3n) is 2.42. The topological polar surface area (TPSA) is 82.5 Å². The van der Waals surface area contributed by atoms with Crippen molar-refractivity contribution in [3.05, 3.63) is 35.4 Å². The van der Waals surface area contributed by atoms with E-state index in [1.807, 2.05) is 13.0 Å². The van der Waals surface area contributed by atoms with Gasteiger partial charge in [0.05, 0.1) is 7.05 Å². The summed E-state index contributed by atoms with van der Waals surface area (Å²) in [5, 5.41) is 11.8. The number of hydrogen-bond acceptors (Lipinski definition) is 5. The molecule has 6 heteroatoms. The minimum atomic E-state index is -0.118. The number of tetrazole rings is 1. The minimum absolute atomic E-state index is 0.118. The first kappa shape index (κ1) is 10.7. The van der Waals surface area contributed by atoms with Crippen molar-refractivity contribution in [1.82, 2.24) is 25.2 Å². The molecular formula is C10H14N6. The van der Waals surface area contributed by atoms with Crippen molar-refractivity contribution >= 4 is 0 Å². The van der Waals surface area contributed by atoms with Gasteiger partial charge < -0.3 is 5.73 Å². The van der Waals surface area contributed by atoms with E-state index in [0.29, 0.717) is 12.2 Å². The summed E-state index contributed by atoms with van der Waals surface area (Å²) in [5.41, 5.74) is 8.25. The molecule has 0 aliphatic heterocycles. The van der Waals surface area contributed by atoms with E-state index < -0.39 is 0 Å². The summed E-state index contributed by atoms with van der Waals surface area (Å²) in [6.45, 7) is 1.99. The second kappa shape index (κ2) is 4.36. The summed E-state index contributed by atoms with van der Waals surface area (Å²) >= 11 is 0. The molecule has 2 N–H and O–H groups in total. The van der Waals surface area contributed by atoms with Gasteiger partial charge in [0.2, 0.25) is 0 Å². The number of pyridine rings is 1. The first-order valence-corrected chi connectivity index (χ1v) is 5.06. The van der Waals surface area contributed by atoms with E-state index in [4.69, 9.17) is 5.73 Å². The van der Waals surface area contributed by atoms with E-state index in [2.05, 4.69) is 20.4 Å². The molecule has 0 saturated heterocycles. The molecule has 2 heterocycles. The molecule has 6 nitrogen and oxygen atoms in total. The van der Waals surface area contributed by atoms with E-state index in [1.165, 1.54) is 4.80 Å². The highest BCUT2D eigenvalue weighted by Crippen LogP contribution is 2.16. The van der Waals surface area contributed by atoms with Crippen molar-refractivity contribution in [3.63, 3.8) is 0 Å². The summed E-state index contributed by atoms with van der Waals surface area (Å²) < 4.78 is 0. The quantitative estimate of drug-likeness (QED) is 0.793. The van der Waals surface area contributed by atoms with Gasteiger partial charge in [-0.2, -0.15) is 4.80 Å². The lowest BCUT2D eigenvalue weighted by atomic mass is 10.0. The van der Waals surface area contributed by atoms with Gasteiger partial charge in [0.1, 0.15) is 0 Å². The molecule has 0 aliphatic rings. The van der Waals surface area contributed by atoms with Gasteiger partial charge >= 0.3 is 0 Å². The average molecular weight is 218 g/mol. The maximum absolute atomic E-state index is 6.09. The Balaban J connectivity index is 2.14. The molecule has 0 aromatic carbocycles. The number of rotatable bonds is 3. The second-order valence-corrected chi connectivity index (χ2v) is 3.74. The van der Waals surface area contributed by atoms with Gasteiger partial charge in [-0.15, -0.1) is 10.2 Å². The van der Waals surface area contributed by atoms with Crippen LogP contribution in [0.15, 0.2) is 18.5 Å². The molecule has 1 unspecified atom stereocenters. The molecule has 0 fully saturated rings. The molecule has 0 bridgehead atoms. The monoisotopic (exact) mass is 218 g/mol. The van der Waals surface area contributed by atoms with Crippen molar-refractivity contribution in [1.29, 1.82) is 0 Å². The SMILES string of the molecule is Cc1cnccc1C(N)Cc1nnn(C)n1. The van der Waals surface area contributed by atoms with Crippen molar-refractivity contribution in [2.24, 2.45) is 12.8 Å². The van der Waals surface area contributed by atoms with Crippen LogP contribution in [0.3, 0.4) is 0 Å². The van der Waals surface area contributed by atoms with Crippen molar-refractivity contribution in [3.8, 4) is 0 Å². The summed E-state index contributed by atoms with van der Waals surface area (Å²) in [4.78, 5) is 5.47. The minimum Gasteiger partial charge on any atom is -0.324 e. The van der Waals surface area contributed by atoms with Gasteiger partial charge in [0, 0.05) is 24.9 Å². The highest BCUT2D eigenvalue weighted by molar-refractivity contribution is 5.25. The maximum atomic E-state index is 6.09. The Hall–Kier alpha value is -1.82. The van der Waals surface area contributed by atoms with Crippen LogP contribution >= 0.6 is 0 Å². The first-order chi connectivity index (χ1) is 7.66. The second-order valence-electron chi connectivity index (χ2n) is 3.74. The van der Waals surface area contributed by atoms with Crippen LogP contribution in [-0.2, 0) is 13.5 Å². The zero-order valence-electron chi connectivity index (χ0n) is 9.33. The Labute approximate surface area is 93.5 Å². The lowest BCUT2D eigenvalue weighted by Crippen LogP contribution is -2.15. The van der Waals surface area contributed by atoms with Gasteiger partial charge in [-0.3, -0.25) is 4.98 Å². The van der Waals surface area contributed by atoms with Gasteiger partial charge in [0.25, 0.3) is 0 Å². The van der Waals surface area contributed by atoms with Crippen LogP contribution in [0.4, 0.5) is 0 Å². The van der Waals surface area contributed by atoms with Crippen LogP contribution in [0, 0.1) is 6.92 Å². The number of nitrogens with two attached hydrogens (primary N) is 1. The van der Waals surface area contributed by atoms with Crippen molar-refractivity contribution in [2.75, 3.05) is 0 Å². The van der Waals surface area contributed by atoms with E-state index in [0.717, 1.165) is 11.1 Å². The fraction of sp³-hybridized carbons (Fsp3) is 0.400. The Morgan fingerprint density at radius 3 is 2.94 bits per heavy atom. The molecule has 16 heavy (non-hydrogen) atoms. The number of nitrogens with zero attached hydrogens (tertiary/aromatic N) is 5. The Kier molecular flexibility index (Phi) is 2.91. The predicted octanol–water partition coefficient (Wildman–Crippen LogP) is 0.156. The van der Waals surface area contributed by atoms with E-state index >= 15 is 0 Å². The predicted molar refractivity (Wildman–Crippen MR) is 58.4 cm³/mol. The molecule has 0 amide bonds. The summed E-state index contributed by atoms with van der Waals surface area (Å²) in [7, 11) is 1.74. The van der Waals surface area contributed by atoms with Gasteiger partial charge in [-0.05, 0) is 29.3 Å². The van der Waals surface area contributed by atoms with Crippen molar-refractivity contribution < 1.29 is 0 Å². The Morgan fingerprint density at radius 2 is 2.31 bits per heavy atom. The van der Waals surface area contributed by atoms with Gasteiger partial charge in [-0.25, -0.2) is 0 Å². The van der Waals surface area contributed by atoms with Crippen LogP contribution in [0.1, 0.15) is 23.0 Å². The molecule has 0 saturated carbocycles. The Bertz CT molecular complexity index is 478. The summed E-state index contributed by atoms with van der Waals surface area (Å²) in [6, 6.07) is 1.81. The van der Waals surface area contributed by atoms with Gasteiger partial charge in [-0.1, -0.05) is 0 Å². The fourth-order valence-electron chi connectivity index (χ4n) is 1.61. The Morgan fingerprint density at radius 1 is 1.50 bits per heavy atom. The summed E-state index contributed by atoms with van der Waals surface area (Å²) in [6.07, 6.45) is 4.13. The smallest absolute Gasteiger partial charge is 0.176 e. The summed E-state index contributed by atoms with van der Waals surface area (Å²) in [5.74, 6) is 0.659. The van der Waals surface area contributed by atoms with Crippen LogP contribution in [-0.4, -0.2) is 25.2 Å². The molecule has 2 aromatic heterocycles. The van der Waals surface area contributed by atoms with E-state index in [1.54, 1.807) is 19.4 Å². The average Bonchev–Trinajstić information content (AvgIpc) is 2.64. The van der Waals surface area contributed by atoms with Crippen LogP contribution in [0.5, 0.6) is 0 Å². The highest BCUT2D eigenvalue weighted by Gasteiger charge is 2.12. The molecule has 84 valence electrons.